The van der Waals surface area contributed by atoms with E-state index in [-0.39, 0.29) is 23.7 Å². The van der Waals surface area contributed by atoms with Gasteiger partial charge >= 0.3 is 0 Å². The van der Waals surface area contributed by atoms with E-state index in [2.05, 4.69) is 42.0 Å². The maximum atomic E-state index is 11.9. The zero-order valence-corrected chi connectivity index (χ0v) is 13.2. The molecule has 2 N–H and O–H groups in total. The van der Waals surface area contributed by atoms with Gasteiger partial charge in [0, 0.05) is 23.3 Å². The predicted molar refractivity (Wildman–Crippen MR) is 83.2 cm³/mol. The second-order valence-corrected chi connectivity index (χ2v) is 6.65. The van der Waals surface area contributed by atoms with E-state index in [0.717, 1.165) is 19.5 Å². The Morgan fingerprint density at radius 2 is 2.37 bits per heavy atom. The van der Waals surface area contributed by atoms with Crippen molar-refractivity contribution in [3.63, 3.8) is 0 Å². The van der Waals surface area contributed by atoms with E-state index in [1.807, 2.05) is 0 Å². The first-order chi connectivity index (χ1) is 8.58. The third-order valence-electron chi connectivity index (χ3n) is 3.55. The molecular weight excluding hydrogens is 280 g/mol. The first-order valence-corrected chi connectivity index (χ1v) is 7.47. The summed E-state index contributed by atoms with van der Waals surface area (Å²) in [6.07, 6.45) is 1.79. The predicted octanol–water partition coefficient (Wildman–Crippen LogP) is 2.56. The Labute approximate surface area is 125 Å². The minimum atomic E-state index is 0. The van der Waals surface area contributed by atoms with Gasteiger partial charge in [-0.2, -0.15) is 0 Å². The van der Waals surface area contributed by atoms with Crippen molar-refractivity contribution in [2.75, 3.05) is 19.6 Å². The third-order valence-corrected chi connectivity index (χ3v) is 4.79. The van der Waals surface area contributed by atoms with Gasteiger partial charge in [0.15, 0.2) is 0 Å². The minimum absolute atomic E-state index is 0. The number of carbonyl (C=O) groups excluding carboxylic acids is 1. The Kier molecular flexibility index (Phi) is 6.30. The number of amides is 1. The molecule has 1 atom stereocenters. The molecule has 1 aromatic heterocycles. The number of carbonyl (C=O) groups is 1. The van der Waals surface area contributed by atoms with Crippen molar-refractivity contribution < 1.29 is 4.79 Å². The van der Waals surface area contributed by atoms with Gasteiger partial charge in [0.2, 0.25) is 5.91 Å². The van der Waals surface area contributed by atoms with Crippen LogP contribution >= 0.6 is 23.7 Å². The zero-order valence-electron chi connectivity index (χ0n) is 11.6. The number of hydrogen-bond acceptors (Lipinski definition) is 3. The molecule has 5 heteroatoms. The molecule has 1 aromatic rings. The summed E-state index contributed by atoms with van der Waals surface area (Å²) in [4.78, 5) is 13.2. The zero-order chi connectivity index (χ0) is 13.0. The Morgan fingerprint density at radius 3 is 2.95 bits per heavy atom. The number of nitrogens with one attached hydrogen (secondary N) is 2. The monoisotopic (exact) mass is 302 g/mol. The molecule has 19 heavy (non-hydrogen) atoms. The van der Waals surface area contributed by atoms with Crippen molar-refractivity contribution in [1.29, 1.82) is 0 Å². The largest absolute Gasteiger partial charge is 0.355 e. The summed E-state index contributed by atoms with van der Waals surface area (Å²) in [5.74, 6) is 0.711. The molecule has 0 aliphatic carbocycles. The van der Waals surface area contributed by atoms with Crippen LogP contribution in [0, 0.1) is 5.92 Å². The van der Waals surface area contributed by atoms with Crippen LogP contribution in [0.3, 0.4) is 0 Å². The van der Waals surface area contributed by atoms with Crippen LogP contribution in [-0.4, -0.2) is 25.5 Å². The molecule has 0 spiro atoms. The van der Waals surface area contributed by atoms with E-state index in [9.17, 15) is 4.79 Å². The summed E-state index contributed by atoms with van der Waals surface area (Å²) in [6.45, 7) is 7.11. The molecule has 0 aromatic carbocycles. The van der Waals surface area contributed by atoms with Crippen LogP contribution in [0.2, 0.25) is 0 Å². The summed E-state index contributed by atoms with van der Waals surface area (Å²) < 4.78 is 0. The van der Waals surface area contributed by atoms with Gasteiger partial charge in [0.05, 0.1) is 0 Å². The molecular formula is C14H23ClN2OS. The van der Waals surface area contributed by atoms with Crippen molar-refractivity contribution in [3.05, 3.63) is 22.4 Å². The van der Waals surface area contributed by atoms with Gasteiger partial charge in [-0.1, -0.05) is 19.9 Å². The summed E-state index contributed by atoms with van der Waals surface area (Å²) >= 11 is 1.75. The normalized spacial score (nSPS) is 18.9. The number of rotatable bonds is 5. The highest BCUT2D eigenvalue weighted by molar-refractivity contribution is 7.10. The topological polar surface area (TPSA) is 41.1 Å². The van der Waals surface area contributed by atoms with E-state index in [4.69, 9.17) is 0 Å². The average molecular weight is 303 g/mol. The van der Waals surface area contributed by atoms with Crippen LogP contribution in [0.15, 0.2) is 17.5 Å². The average Bonchev–Trinajstić information content (AvgIpc) is 2.99. The summed E-state index contributed by atoms with van der Waals surface area (Å²) in [5, 5.41) is 8.46. The lowest BCUT2D eigenvalue weighted by atomic mass is 9.91. The molecule has 1 aliphatic rings. The fraction of sp³-hybridized carbons (Fsp3) is 0.643. The Hall–Kier alpha value is -0.580. The lowest BCUT2D eigenvalue weighted by Gasteiger charge is -2.24. The molecule has 3 nitrogen and oxygen atoms in total. The second-order valence-electron chi connectivity index (χ2n) is 5.70. The third kappa shape index (κ3) is 4.79. The van der Waals surface area contributed by atoms with Crippen molar-refractivity contribution in [2.45, 2.75) is 32.1 Å². The van der Waals surface area contributed by atoms with Crippen LogP contribution in [0.5, 0.6) is 0 Å². The lowest BCUT2D eigenvalue weighted by Crippen LogP contribution is -2.37. The highest BCUT2D eigenvalue weighted by Crippen LogP contribution is 2.26. The summed E-state index contributed by atoms with van der Waals surface area (Å²) in [6, 6.07) is 4.20. The molecule has 2 heterocycles. The fourth-order valence-corrected chi connectivity index (χ4v) is 3.15. The van der Waals surface area contributed by atoms with Crippen molar-refractivity contribution in [2.24, 2.45) is 5.92 Å². The van der Waals surface area contributed by atoms with Crippen molar-refractivity contribution >= 4 is 29.7 Å². The van der Waals surface area contributed by atoms with Crippen molar-refractivity contribution in [1.82, 2.24) is 10.6 Å². The van der Waals surface area contributed by atoms with Gasteiger partial charge in [-0.05, 0) is 36.9 Å². The molecule has 0 saturated carbocycles. The Morgan fingerprint density at radius 1 is 1.58 bits per heavy atom. The molecule has 0 bridgehead atoms. The number of halogens is 1. The number of thiophene rings is 1. The summed E-state index contributed by atoms with van der Waals surface area (Å²) in [7, 11) is 0. The van der Waals surface area contributed by atoms with Gasteiger partial charge < -0.3 is 10.6 Å². The molecule has 2 rings (SSSR count). The molecule has 1 unspecified atom stereocenters. The van der Waals surface area contributed by atoms with E-state index >= 15 is 0 Å². The Bertz CT molecular complexity index is 386. The van der Waals surface area contributed by atoms with Crippen LogP contribution in [0.4, 0.5) is 0 Å². The van der Waals surface area contributed by atoms with Gasteiger partial charge in [0.1, 0.15) is 0 Å². The standard InChI is InChI=1S/C14H22N2OS.ClH/c1-14(2,12-4-3-7-18-12)10-16-13(17)8-11-5-6-15-9-11;/h3-4,7,11,15H,5-6,8-10H2,1-2H3,(H,16,17);1H. The minimum Gasteiger partial charge on any atom is -0.355 e. The summed E-state index contributed by atoms with van der Waals surface area (Å²) in [5.41, 5.74) is 0.0255. The van der Waals surface area contributed by atoms with Crippen LogP contribution in [-0.2, 0) is 10.2 Å². The van der Waals surface area contributed by atoms with Gasteiger partial charge in [-0.15, -0.1) is 23.7 Å². The highest BCUT2D eigenvalue weighted by Gasteiger charge is 2.23. The molecule has 1 amide bonds. The maximum absolute atomic E-state index is 11.9. The molecule has 108 valence electrons. The molecule has 1 aliphatic heterocycles. The first kappa shape index (κ1) is 16.5. The Balaban J connectivity index is 0.00000180. The maximum Gasteiger partial charge on any atom is 0.220 e. The van der Waals surface area contributed by atoms with E-state index < -0.39 is 0 Å². The molecule has 1 saturated heterocycles. The van der Waals surface area contributed by atoms with Crippen LogP contribution in [0.1, 0.15) is 31.6 Å². The van der Waals surface area contributed by atoms with Gasteiger partial charge in [-0.25, -0.2) is 0 Å². The fourth-order valence-electron chi connectivity index (χ4n) is 2.29. The van der Waals surface area contributed by atoms with E-state index in [0.29, 0.717) is 18.9 Å². The van der Waals surface area contributed by atoms with E-state index in [1.54, 1.807) is 11.3 Å². The SMILES string of the molecule is CC(C)(CNC(=O)CC1CCNC1)c1cccs1.Cl. The van der Waals surface area contributed by atoms with Gasteiger partial charge in [0.25, 0.3) is 0 Å². The van der Waals surface area contributed by atoms with Crippen LogP contribution in [0.25, 0.3) is 0 Å². The molecule has 1 fully saturated rings. The van der Waals surface area contributed by atoms with E-state index in [1.165, 1.54) is 4.88 Å². The first-order valence-electron chi connectivity index (χ1n) is 6.59. The smallest absolute Gasteiger partial charge is 0.220 e. The van der Waals surface area contributed by atoms with Gasteiger partial charge in [-0.3, -0.25) is 4.79 Å². The second kappa shape index (κ2) is 7.27. The van der Waals surface area contributed by atoms with Crippen LogP contribution < -0.4 is 10.6 Å². The number of hydrogen-bond donors (Lipinski definition) is 2. The quantitative estimate of drug-likeness (QED) is 0.878. The highest BCUT2D eigenvalue weighted by atomic mass is 35.5. The van der Waals surface area contributed by atoms with Crippen molar-refractivity contribution in [3.8, 4) is 0 Å². The lowest BCUT2D eigenvalue weighted by molar-refractivity contribution is -0.122. The molecule has 0 radical (unpaired) electrons.